The average molecular weight is 386 g/mol. The SMILES string of the molecule is CN=C(NCc1ccc(F)c(CO)c1)N1CCN(c2ccccc2OC)CC1. The first-order valence-electron chi connectivity index (χ1n) is 9.38. The monoisotopic (exact) mass is 386 g/mol. The zero-order valence-corrected chi connectivity index (χ0v) is 16.4. The summed E-state index contributed by atoms with van der Waals surface area (Å²) >= 11 is 0. The second-order valence-electron chi connectivity index (χ2n) is 6.63. The molecule has 28 heavy (non-hydrogen) atoms. The van der Waals surface area contributed by atoms with E-state index in [4.69, 9.17) is 4.74 Å². The molecule has 150 valence electrons. The van der Waals surface area contributed by atoms with Crippen molar-refractivity contribution < 1.29 is 14.2 Å². The van der Waals surface area contributed by atoms with E-state index in [-0.39, 0.29) is 12.4 Å². The van der Waals surface area contributed by atoms with E-state index in [2.05, 4.69) is 26.2 Å². The first-order chi connectivity index (χ1) is 13.7. The fraction of sp³-hybridized carbons (Fsp3) is 0.381. The van der Waals surface area contributed by atoms with Gasteiger partial charge in [0, 0.05) is 45.3 Å². The molecule has 1 saturated heterocycles. The summed E-state index contributed by atoms with van der Waals surface area (Å²) in [7, 11) is 3.46. The molecule has 6 nitrogen and oxygen atoms in total. The molecule has 7 heteroatoms. The van der Waals surface area contributed by atoms with Crippen molar-refractivity contribution in [2.45, 2.75) is 13.2 Å². The second kappa shape index (κ2) is 9.41. The van der Waals surface area contributed by atoms with Crippen LogP contribution in [0.2, 0.25) is 0 Å². The lowest BCUT2D eigenvalue weighted by atomic mass is 10.1. The number of hydrogen-bond acceptors (Lipinski definition) is 4. The molecule has 1 fully saturated rings. The number of para-hydroxylation sites is 2. The predicted octanol–water partition coefficient (Wildman–Crippen LogP) is 2.22. The Morgan fingerprint density at radius 2 is 1.93 bits per heavy atom. The first kappa shape index (κ1) is 19.9. The number of nitrogens with zero attached hydrogens (tertiary/aromatic N) is 3. The number of halogens is 1. The van der Waals surface area contributed by atoms with Crippen molar-refractivity contribution in [2.24, 2.45) is 4.99 Å². The number of rotatable bonds is 5. The molecule has 0 aliphatic carbocycles. The van der Waals surface area contributed by atoms with E-state index in [1.807, 2.05) is 18.2 Å². The number of aliphatic hydroxyl groups is 1. The van der Waals surface area contributed by atoms with Crippen LogP contribution in [0.15, 0.2) is 47.5 Å². The van der Waals surface area contributed by atoms with Crippen LogP contribution >= 0.6 is 0 Å². The van der Waals surface area contributed by atoms with E-state index in [1.165, 1.54) is 6.07 Å². The number of aliphatic imine (C=N–C) groups is 1. The highest BCUT2D eigenvalue weighted by atomic mass is 19.1. The van der Waals surface area contributed by atoms with Gasteiger partial charge in [-0.05, 0) is 29.8 Å². The van der Waals surface area contributed by atoms with E-state index >= 15 is 0 Å². The largest absolute Gasteiger partial charge is 0.495 e. The Morgan fingerprint density at radius 3 is 2.61 bits per heavy atom. The van der Waals surface area contributed by atoms with Gasteiger partial charge in [-0.25, -0.2) is 4.39 Å². The van der Waals surface area contributed by atoms with Crippen molar-refractivity contribution in [3.05, 3.63) is 59.4 Å². The maximum atomic E-state index is 13.5. The molecule has 0 aromatic heterocycles. The topological polar surface area (TPSA) is 60.3 Å². The Morgan fingerprint density at radius 1 is 1.18 bits per heavy atom. The highest BCUT2D eigenvalue weighted by Crippen LogP contribution is 2.28. The van der Waals surface area contributed by atoms with E-state index in [0.29, 0.717) is 12.1 Å². The summed E-state index contributed by atoms with van der Waals surface area (Å²) in [5.41, 5.74) is 2.31. The Bertz CT molecular complexity index is 820. The van der Waals surface area contributed by atoms with Gasteiger partial charge in [0.2, 0.25) is 0 Å². The highest BCUT2D eigenvalue weighted by Gasteiger charge is 2.21. The third-order valence-electron chi connectivity index (χ3n) is 4.95. The Balaban J connectivity index is 1.58. The molecule has 0 saturated carbocycles. The summed E-state index contributed by atoms with van der Waals surface area (Å²) in [5.74, 6) is 1.31. The zero-order valence-electron chi connectivity index (χ0n) is 16.4. The van der Waals surface area contributed by atoms with Gasteiger partial charge in [-0.15, -0.1) is 0 Å². The first-order valence-corrected chi connectivity index (χ1v) is 9.38. The van der Waals surface area contributed by atoms with Crippen molar-refractivity contribution in [2.75, 3.05) is 45.2 Å². The molecule has 0 spiro atoms. The molecule has 0 bridgehead atoms. The van der Waals surface area contributed by atoms with Crippen molar-refractivity contribution in [1.82, 2.24) is 10.2 Å². The maximum Gasteiger partial charge on any atom is 0.194 e. The lowest BCUT2D eigenvalue weighted by Crippen LogP contribution is -2.52. The van der Waals surface area contributed by atoms with Crippen molar-refractivity contribution >= 4 is 11.6 Å². The van der Waals surface area contributed by atoms with E-state index in [1.54, 1.807) is 26.3 Å². The number of anilines is 1. The second-order valence-corrected chi connectivity index (χ2v) is 6.63. The number of nitrogens with one attached hydrogen (secondary N) is 1. The minimum atomic E-state index is -0.386. The van der Waals surface area contributed by atoms with Crippen LogP contribution in [0.3, 0.4) is 0 Å². The smallest absolute Gasteiger partial charge is 0.194 e. The number of aliphatic hydroxyl groups excluding tert-OH is 1. The summed E-state index contributed by atoms with van der Waals surface area (Å²) in [5, 5.41) is 12.6. The predicted molar refractivity (Wildman–Crippen MR) is 109 cm³/mol. The minimum absolute atomic E-state index is 0.305. The van der Waals surface area contributed by atoms with Crippen LogP contribution in [0.1, 0.15) is 11.1 Å². The van der Waals surface area contributed by atoms with Gasteiger partial charge >= 0.3 is 0 Å². The minimum Gasteiger partial charge on any atom is -0.495 e. The van der Waals surface area contributed by atoms with Crippen LogP contribution in [-0.2, 0) is 13.2 Å². The number of ether oxygens (including phenoxy) is 1. The number of benzene rings is 2. The summed E-state index contributed by atoms with van der Waals surface area (Å²) in [4.78, 5) is 8.91. The van der Waals surface area contributed by atoms with Gasteiger partial charge in [0.1, 0.15) is 11.6 Å². The van der Waals surface area contributed by atoms with Crippen LogP contribution < -0.4 is 15.0 Å². The summed E-state index contributed by atoms with van der Waals surface area (Å²) in [6.07, 6.45) is 0. The lowest BCUT2D eigenvalue weighted by Gasteiger charge is -2.38. The third-order valence-corrected chi connectivity index (χ3v) is 4.95. The zero-order chi connectivity index (χ0) is 19.9. The van der Waals surface area contributed by atoms with Crippen molar-refractivity contribution in [3.63, 3.8) is 0 Å². The molecule has 2 aromatic rings. The Kier molecular flexibility index (Phi) is 6.71. The van der Waals surface area contributed by atoms with Crippen LogP contribution in [0, 0.1) is 5.82 Å². The molecular formula is C21H27FN4O2. The lowest BCUT2D eigenvalue weighted by molar-refractivity contribution is 0.275. The third kappa shape index (κ3) is 4.54. The van der Waals surface area contributed by atoms with Gasteiger partial charge in [-0.3, -0.25) is 4.99 Å². The molecule has 0 amide bonds. The van der Waals surface area contributed by atoms with Crippen LogP contribution in [0.5, 0.6) is 5.75 Å². The highest BCUT2D eigenvalue weighted by molar-refractivity contribution is 5.80. The van der Waals surface area contributed by atoms with Crippen molar-refractivity contribution in [1.29, 1.82) is 0 Å². The van der Waals surface area contributed by atoms with E-state index in [9.17, 15) is 9.50 Å². The van der Waals surface area contributed by atoms with Gasteiger partial charge in [0.25, 0.3) is 0 Å². The number of methoxy groups -OCH3 is 1. The molecule has 1 aliphatic heterocycles. The van der Waals surface area contributed by atoms with Gasteiger partial charge in [-0.1, -0.05) is 18.2 Å². The average Bonchev–Trinajstić information content (AvgIpc) is 2.75. The fourth-order valence-electron chi connectivity index (χ4n) is 3.42. The van der Waals surface area contributed by atoms with Crippen LogP contribution in [0.4, 0.5) is 10.1 Å². The summed E-state index contributed by atoms with van der Waals surface area (Å²) < 4.78 is 19.0. The molecule has 1 heterocycles. The molecular weight excluding hydrogens is 359 g/mol. The summed E-state index contributed by atoms with van der Waals surface area (Å²) in [6, 6.07) is 12.8. The van der Waals surface area contributed by atoms with Gasteiger partial charge < -0.3 is 25.0 Å². The summed E-state index contributed by atoms with van der Waals surface area (Å²) in [6.45, 7) is 3.62. The van der Waals surface area contributed by atoms with E-state index in [0.717, 1.165) is 49.1 Å². The number of guanidine groups is 1. The Hall–Kier alpha value is -2.80. The molecule has 0 unspecified atom stereocenters. The molecule has 3 rings (SSSR count). The van der Waals surface area contributed by atoms with Gasteiger partial charge in [0.05, 0.1) is 19.4 Å². The van der Waals surface area contributed by atoms with Crippen molar-refractivity contribution in [3.8, 4) is 5.75 Å². The number of piperazine rings is 1. The van der Waals surface area contributed by atoms with Gasteiger partial charge in [-0.2, -0.15) is 0 Å². The quantitative estimate of drug-likeness (QED) is 0.610. The standard InChI is InChI=1S/C21H27FN4O2/c1-23-21(24-14-16-7-8-18(22)17(13-16)15-27)26-11-9-25(10-12-26)19-5-3-4-6-20(19)28-2/h3-8,13,27H,9-12,14-15H2,1-2H3,(H,23,24). The van der Waals surface area contributed by atoms with Crippen LogP contribution in [-0.4, -0.2) is 56.3 Å². The molecule has 0 radical (unpaired) electrons. The molecule has 0 atom stereocenters. The molecule has 1 aliphatic rings. The van der Waals surface area contributed by atoms with Crippen LogP contribution in [0.25, 0.3) is 0 Å². The normalized spacial score (nSPS) is 14.9. The number of hydrogen-bond donors (Lipinski definition) is 2. The van der Waals surface area contributed by atoms with Gasteiger partial charge in [0.15, 0.2) is 5.96 Å². The molecule has 2 N–H and O–H groups in total. The fourth-order valence-corrected chi connectivity index (χ4v) is 3.42. The maximum absolute atomic E-state index is 13.5. The Labute approximate surface area is 165 Å². The molecule has 2 aromatic carbocycles. The van der Waals surface area contributed by atoms with E-state index < -0.39 is 0 Å².